The first kappa shape index (κ1) is 23.4. The Bertz CT molecular complexity index is 640. The minimum Gasteiger partial charge on any atom is -0.490 e. The van der Waals surface area contributed by atoms with Gasteiger partial charge in [0.1, 0.15) is 0 Å². The molecule has 0 fully saturated rings. The summed E-state index contributed by atoms with van der Waals surface area (Å²) in [6, 6.07) is 4.32. The van der Waals surface area contributed by atoms with Gasteiger partial charge >= 0.3 is 0 Å². The summed E-state index contributed by atoms with van der Waals surface area (Å²) in [4.78, 5) is 11.6. The first-order valence-electron chi connectivity index (χ1n) is 7.80. The molecule has 0 spiro atoms. The van der Waals surface area contributed by atoms with Crippen molar-refractivity contribution in [2.75, 3.05) is 32.8 Å². The molecule has 4 N–H and O–H groups in total. The molecule has 0 aliphatic rings. The van der Waals surface area contributed by atoms with Gasteiger partial charge < -0.3 is 20.5 Å². The molecule has 0 bridgehead atoms. The SMILES string of the molecule is CCOc1ccc(S(=O)(=O)NCC(=O)NCCCN)cc1OCC.Cl. The van der Waals surface area contributed by atoms with Gasteiger partial charge in [0.05, 0.1) is 24.7 Å². The van der Waals surface area contributed by atoms with Crippen molar-refractivity contribution in [1.82, 2.24) is 10.0 Å². The second-order valence-electron chi connectivity index (χ2n) is 4.79. The number of rotatable bonds is 11. The molecule has 8 nitrogen and oxygen atoms in total. The van der Waals surface area contributed by atoms with Crippen LogP contribution in [0.1, 0.15) is 20.3 Å². The summed E-state index contributed by atoms with van der Waals surface area (Å²) in [6.07, 6.45) is 0.634. The van der Waals surface area contributed by atoms with Gasteiger partial charge in [0.15, 0.2) is 11.5 Å². The number of nitrogens with two attached hydrogens (primary N) is 1. The van der Waals surface area contributed by atoms with E-state index in [1.54, 1.807) is 6.92 Å². The zero-order chi connectivity index (χ0) is 18.0. The van der Waals surface area contributed by atoms with E-state index in [0.29, 0.717) is 44.2 Å². The van der Waals surface area contributed by atoms with Crippen molar-refractivity contribution in [2.45, 2.75) is 25.2 Å². The molecular formula is C15H26ClN3O5S. The van der Waals surface area contributed by atoms with Crippen LogP contribution in [0.3, 0.4) is 0 Å². The fourth-order valence-corrected chi connectivity index (χ4v) is 2.83. The molecular weight excluding hydrogens is 370 g/mol. The molecule has 0 aliphatic carbocycles. The highest BCUT2D eigenvalue weighted by atomic mass is 35.5. The fraction of sp³-hybridized carbons (Fsp3) is 0.533. The molecule has 25 heavy (non-hydrogen) atoms. The first-order chi connectivity index (χ1) is 11.4. The van der Waals surface area contributed by atoms with Crippen molar-refractivity contribution in [1.29, 1.82) is 0 Å². The van der Waals surface area contributed by atoms with Crippen LogP contribution in [-0.4, -0.2) is 47.2 Å². The third kappa shape index (κ3) is 7.91. The van der Waals surface area contributed by atoms with E-state index in [-0.39, 0.29) is 23.8 Å². The molecule has 0 saturated carbocycles. The monoisotopic (exact) mass is 395 g/mol. The van der Waals surface area contributed by atoms with E-state index < -0.39 is 15.9 Å². The lowest BCUT2D eigenvalue weighted by atomic mass is 10.3. The number of carbonyl (C=O) groups excluding carboxylic acids is 1. The highest BCUT2D eigenvalue weighted by molar-refractivity contribution is 7.89. The Hall–Kier alpha value is -1.55. The molecule has 1 rings (SSSR count). The van der Waals surface area contributed by atoms with Crippen molar-refractivity contribution in [2.24, 2.45) is 5.73 Å². The zero-order valence-electron chi connectivity index (χ0n) is 14.4. The first-order valence-corrected chi connectivity index (χ1v) is 9.29. The van der Waals surface area contributed by atoms with Crippen LogP contribution in [0.5, 0.6) is 11.5 Å². The largest absolute Gasteiger partial charge is 0.490 e. The molecule has 0 unspecified atom stereocenters. The van der Waals surface area contributed by atoms with Crippen molar-refractivity contribution in [3.8, 4) is 11.5 Å². The Balaban J connectivity index is 0.00000576. The van der Waals surface area contributed by atoms with Crippen molar-refractivity contribution in [3.63, 3.8) is 0 Å². The van der Waals surface area contributed by atoms with Gasteiger partial charge in [0.2, 0.25) is 15.9 Å². The summed E-state index contributed by atoms with van der Waals surface area (Å²) >= 11 is 0. The van der Waals surface area contributed by atoms with Crippen molar-refractivity contribution in [3.05, 3.63) is 18.2 Å². The summed E-state index contributed by atoms with van der Waals surface area (Å²) < 4.78 is 37.6. The molecule has 1 aromatic carbocycles. The third-order valence-corrected chi connectivity index (χ3v) is 4.35. The molecule has 0 atom stereocenters. The molecule has 0 aromatic heterocycles. The van der Waals surface area contributed by atoms with E-state index >= 15 is 0 Å². The molecule has 0 radical (unpaired) electrons. The molecule has 0 heterocycles. The zero-order valence-corrected chi connectivity index (χ0v) is 16.0. The van der Waals surface area contributed by atoms with E-state index in [1.165, 1.54) is 18.2 Å². The van der Waals surface area contributed by atoms with Gasteiger partial charge in [0.25, 0.3) is 0 Å². The number of hydrogen-bond donors (Lipinski definition) is 3. The molecule has 1 amide bonds. The van der Waals surface area contributed by atoms with Crippen LogP contribution in [0.15, 0.2) is 23.1 Å². The highest BCUT2D eigenvalue weighted by Crippen LogP contribution is 2.30. The molecule has 0 aliphatic heterocycles. The predicted octanol–water partition coefficient (Wildman–Crippen LogP) is 0.649. The maximum atomic E-state index is 12.3. The van der Waals surface area contributed by atoms with Crippen LogP contribution in [-0.2, 0) is 14.8 Å². The van der Waals surface area contributed by atoms with Crippen LogP contribution in [0.4, 0.5) is 0 Å². The van der Waals surface area contributed by atoms with Gasteiger partial charge in [-0.3, -0.25) is 4.79 Å². The maximum Gasteiger partial charge on any atom is 0.241 e. The average Bonchev–Trinajstić information content (AvgIpc) is 2.55. The summed E-state index contributed by atoms with van der Waals surface area (Å²) in [5.74, 6) is 0.399. The lowest BCUT2D eigenvalue weighted by Gasteiger charge is -2.13. The Morgan fingerprint density at radius 2 is 1.80 bits per heavy atom. The highest BCUT2D eigenvalue weighted by Gasteiger charge is 2.18. The topological polar surface area (TPSA) is 120 Å². The van der Waals surface area contributed by atoms with Gasteiger partial charge in [-0.05, 0) is 38.9 Å². The fourth-order valence-electron chi connectivity index (χ4n) is 1.83. The molecule has 1 aromatic rings. The lowest BCUT2D eigenvalue weighted by molar-refractivity contribution is -0.119. The summed E-state index contributed by atoms with van der Waals surface area (Å²) in [7, 11) is -3.83. The second kappa shape index (κ2) is 11.9. The summed E-state index contributed by atoms with van der Waals surface area (Å²) in [6.45, 7) is 4.96. The van der Waals surface area contributed by atoms with Crippen LogP contribution < -0.4 is 25.2 Å². The lowest BCUT2D eigenvalue weighted by Crippen LogP contribution is -2.37. The summed E-state index contributed by atoms with van der Waals surface area (Å²) in [5.41, 5.74) is 5.32. The number of sulfonamides is 1. The Morgan fingerprint density at radius 3 is 2.40 bits per heavy atom. The third-order valence-electron chi connectivity index (χ3n) is 2.95. The van der Waals surface area contributed by atoms with Crippen LogP contribution >= 0.6 is 12.4 Å². The Labute approximate surface area is 154 Å². The Kier molecular flexibility index (Phi) is 11.2. The van der Waals surface area contributed by atoms with Crippen molar-refractivity contribution >= 4 is 28.3 Å². The number of hydrogen-bond acceptors (Lipinski definition) is 6. The number of nitrogens with one attached hydrogen (secondary N) is 2. The van der Waals surface area contributed by atoms with Gasteiger partial charge in [-0.2, -0.15) is 0 Å². The van der Waals surface area contributed by atoms with Crippen LogP contribution in [0.2, 0.25) is 0 Å². The number of carbonyl (C=O) groups is 1. The number of benzene rings is 1. The quantitative estimate of drug-likeness (QED) is 0.473. The van der Waals surface area contributed by atoms with E-state index in [4.69, 9.17) is 15.2 Å². The van der Waals surface area contributed by atoms with Gasteiger partial charge in [0, 0.05) is 12.6 Å². The number of ether oxygens (including phenoxy) is 2. The number of halogens is 1. The standard InChI is InChI=1S/C15H25N3O5S.ClH/c1-3-22-13-7-6-12(10-14(13)23-4-2)24(20,21)18-11-15(19)17-9-5-8-16;/h6-7,10,18H,3-5,8-9,11,16H2,1-2H3,(H,17,19);1H. The number of amides is 1. The predicted molar refractivity (Wildman–Crippen MR) is 97.9 cm³/mol. The molecule has 144 valence electrons. The smallest absolute Gasteiger partial charge is 0.241 e. The van der Waals surface area contributed by atoms with Gasteiger partial charge in [-0.1, -0.05) is 0 Å². The second-order valence-corrected chi connectivity index (χ2v) is 6.56. The van der Waals surface area contributed by atoms with E-state index in [9.17, 15) is 13.2 Å². The molecule has 0 saturated heterocycles. The van der Waals surface area contributed by atoms with Crippen LogP contribution in [0.25, 0.3) is 0 Å². The van der Waals surface area contributed by atoms with Crippen molar-refractivity contribution < 1.29 is 22.7 Å². The molecule has 10 heteroatoms. The summed E-state index contributed by atoms with van der Waals surface area (Å²) in [5, 5.41) is 2.57. The van der Waals surface area contributed by atoms with E-state index in [0.717, 1.165) is 0 Å². The maximum absolute atomic E-state index is 12.3. The van der Waals surface area contributed by atoms with E-state index in [1.807, 2.05) is 6.92 Å². The Morgan fingerprint density at radius 1 is 1.16 bits per heavy atom. The van der Waals surface area contributed by atoms with Gasteiger partial charge in [-0.15, -0.1) is 12.4 Å². The van der Waals surface area contributed by atoms with E-state index in [2.05, 4.69) is 10.0 Å². The average molecular weight is 396 g/mol. The van der Waals surface area contributed by atoms with Gasteiger partial charge in [-0.25, -0.2) is 13.1 Å². The normalized spacial score (nSPS) is 10.7. The minimum absolute atomic E-state index is 0. The van der Waals surface area contributed by atoms with Crippen LogP contribution in [0, 0.1) is 0 Å². The minimum atomic E-state index is -3.83.